The van der Waals surface area contributed by atoms with E-state index >= 15 is 0 Å². The van der Waals surface area contributed by atoms with Gasteiger partial charge in [0.25, 0.3) is 0 Å². The Kier molecular flexibility index (Phi) is 15.4. The van der Waals surface area contributed by atoms with Crippen LogP contribution in [0.25, 0.3) is 11.1 Å². The molecule has 0 bridgehead atoms. The topological polar surface area (TPSA) is 139 Å². The van der Waals surface area contributed by atoms with Crippen molar-refractivity contribution in [2.45, 2.75) is 32.2 Å². The highest BCUT2D eigenvalue weighted by Crippen LogP contribution is 2.44. The van der Waals surface area contributed by atoms with Crippen molar-refractivity contribution in [1.29, 1.82) is 0 Å². The van der Waals surface area contributed by atoms with E-state index in [1.54, 1.807) is 12.2 Å². The number of carbonyl (C=O) groups excluding carboxylic acids is 2. The number of aliphatic carboxylic acids is 1. The molecule has 1 aliphatic rings. The number of amides is 1. The summed E-state index contributed by atoms with van der Waals surface area (Å²) >= 11 is 0. The number of benzene rings is 2. The van der Waals surface area contributed by atoms with Crippen LogP contribution in [0.3, 0.4) is 0 Å². The molecule has 0 fully saturated rings. The second kappa shape index (κ2) is 19.5. The molecule has 0 heterocycles. The standard InChI is InChI=1S/C33H43NO10/c1-24(2)31(34-33(38)44-23-29-27-11-5-3-9-25(27)26-10-4-6-12-28(26)29)32(37)43-15-8-7-14-39-17-19-41-21-22-42-20-18-40-16-13-30(35)36/h3-12,24,29,31H,13-23H2,1-2H3,(H,34,38)(H,35,36)/b8-7+/t31-/m0/s1. The normalized spacial score (nSPS) is 13.1. The number of carboxylic acids is 1. The van der Waals surface area contributed by atoms with E-state index in [-0.39, 0.29) is 38.1 Å². The summed E-state index contributed by atoms with van der Waals surface area (Å²) in [7, 11) is 0. The Morgan fingerprint density at radius 1 is 0.750 bits per heavy atom. The van der Waals surface area contributed by atoms with Crippen molar-refractivity contribution in [2.24, 2.45) is 5.92 Å². The van der Waals surface area contributed by atoms with Gasteiger partial charge in [-0.25, -0.2) is 9.59 Å². The molecule has 0 aliphatic heterocycles. The smallest absolute Gasteiger partial charge is 0.407 e. The van der Waals surface area contributed by atoms with Gasteiger partial charge >= 0.3 is 18.0 Å². The first-order chi connectivity index (χ1) is 21.4. The molecule has 0 spiro atoms. The number of fused-ring (bicyclic) bond motifs is 3. The van der Waals surface area contributed by atoms with Crippen LogP contribution in [0.15, 0.2) is 60.7 Å². The van der Waals surface area contributed by atoms with Crippen molar-refractivity contribution >= 4 is 18.0 Å². The lowest BCUT2D eigenvalue weighted by Gasteiger charge is -2.21. The SMILES string of the molecule is CC(C)[C@H](NC(=O)OCC1c2ccccc2-c2ccccc21)C(=O)OC/C=C/COCCOCCOCCOCCC(=O)O. The minimum absolute atomic E-state index is 0.0226. The zero-order chi connectivity index (χ0) is 31.6. The molecule has 44 heavy (non-hydrogen) atoms. The molecule has 1 amide bonds. The van der Waals surface area contributed by atoms with Gasteiger partial charge in [0, 0.05) is 5.92 Å². The maximum Gasteiger partial charge on any atom is 0.407 e. The van der Waals surface area contributed by atoms with Gasteiger partial charge in [-0.15, -0.1) is 0 Å². The molecule has 3 rings (SSSR count). The van der Waals surface area contributed by atoms with E-state index in [2.05, 4.69) is 29.6 Å². The van der Waals surface area contributed by atoms with Crippen molar-refractivity contribution in [3.63, 3.8) is 0 Å². The highest BCUT2D eigenvalue weighted by molar-refractivity contribution is 5.82. The van der Waals surface area contributed by atoms with Crippen molar-refractivity contribution in [2.75, 3.05) is 66.1 Å². The van der Waals surface area contributed by atoms with Gasteiger partial charge < -0.3 is 38.8 Å². The zero-order valence-corrected chi connectivity index (χ0v) is 25.4. The summed E-state index contributed by atoms with van der Waals surface area (Å²) in [6, 6.07) is 15.4. The minimum Gasteiger partial charge on any atom is -0.481 e. The predicted molar refractivity (Wildman–Crippen MR) is 162 cm³/mol. The molecule has 0 unspecified atom stereocenters. The first-order valence-electron chi connectivity index (χ1n) is 14.8. The summed E-state index contributed by atoms with van der Waals surface area (Å²) in [5.74, 6) is -1.70. The average Bonchev–Trinajstić information content (AvgIpc) is 3.33. The Morgan fingerprint density at radius 3 is 1.84 bits per heavy atom. The van der Waals surface area contributed by atoms with Crippen molar-refractivity contribution in [3.05, 3.63) is 71.8 Å². The van der Waals surface area contributed by atoms with E-state index in [9.17, 15) is 14.4 Å². The van der Waals surface area contributed by atoms with Crippen LogP contribution in [0.1, 0.15) is 37.3 Å². The van der Waals surface area contributed by atoms with Crippen LogP contribution in [0.4, 0.5) is 4.79 Å². The number of carboxylic acid groups (broad SMARTS) is 1. The van der Waals surface area contributed by atoms with E-state index < -0.39 is 24.1 Å². The van der Waals surface area contributed by atoms with Gasteiger partial charge in [-0.3, -0.25) is 4.79 Å². The summed E-state index contributed by atoms with van der Waals surface area (Å²) in [6.45, 7) is 6.68. The van der Waals surface area contributed by atoms with Gasteiger partial charge in [0.1, 0.15) is 19.3 Å². The van der Waals surface area contributed by atoms with Gasteiger partial charge in [0.05, 0.1) is 59.3 Å². The highest BCUT2D eigenvalue weighted by Gasteiger charge is 2.30. The van der Waals surface area contributed by atoms with Crippen LogP contribution in [0.5, 0.6) is 0 Å². The molecule has 0 radical (unpaired) electrons. The number of hydrogen-bond donors (Lipinski definition) is 2. The summed E-state index contributed by atoms with van der Waals surface area (Å²) in [5.41, 5.74) is 4.52. The third-order valence-corrected chi connectivity index (χ3v) is 6.82. The van der Waals surface area contributed by atoms with Gasteiger partial charge in [-0.1, -0.05) is 68.5 Å². The highest BCUT2D eigenvalue weighted by atomic mass is 16.6. The van der Waals surface area contributed by atoms with E-state index in [0.717, 1.165) is 22.3 Å². The van der Waals surface area contributed by atoms with Crippen LogP contribution >= 0.6 is 0 Å². The number of ether oxygens (including phenoxy) is 6. The van der Waals surface area contributed by atoms with E-state index in [4.69, 9.17) is 33.5 Å². The van der Waals surface area contributed by atoms with Gasteiger partial charge in [-0.2, -0.15) is 0 Å². The number of hydrogen-bond acceptors (Lipinski definition) is 9. The molecular formula is C33H43NO10. The van der Waals surface area contributed by atoms with Crippen LogP contribution in [0, 0.1) is 5.92 Å². The van der Waals surface area contributed by atoms with Crippen LogP contribution in [0.2, 0.25) is 0 Å². The molecule has 11 heteroatoms. The number of nitrogens with one attached hydrogen (secondary N) is 1. The second-order valence-electron chi connectivity index (χ2n) is 10.3. The number of esters is 1. The average molecular weight is 614 g/mol. The van der Waals surface area contributed by atoms with Gasteiger partial charge in [-0.05, 0) is 34.2 Å². The Labute approximate surface area is 258 Å². The maximum atomic E-state index is 12.7. The zero-order valence-electron chi connectivity index (χ0n) is 25.4. The molecular weight excluding hydrogens is 570 g/mol. The fraction of sp³-hybridized carbons (Fsp3) is 0.485. The van der Waals surface area contributed by atoms with Crippen LogP contribution in [-0.4, -0.2) is 95.2 Å². The summed E-state index contributed by atoms with van der Waals surface area (Å²) in [4.78, 5) is 35.7. The summed E-state index contributed by atoms with van der Waals surface area (Å²) < 4.78 is 32.2. The van der Waals surface area contributed by atoms with E-state index in [1.165, 1.54) is 0 Å². The molecule has 2 aromatic carbocycles. The molecule has 1 aliphatic carbocycles. The fourth-order valence-corrected chi connectivity index (χ4v) is 4.59. The molecule has 0 saturated heterocycles. The van der Waals surface area contributed by atoms with Crippen LogP contribution < -0.4 is 5.32 Å². The number of carbonyl (C=O) groups is 3. The van der Waals surface area contributed by atoms with E-state index in [0.29, 0.717) is 46.2 Å². The third kappa shape index (κ3) is 11.7. The molecule has 240 valence electrons. The maximum absolute atomic E-state index is 12.7. The fourth-order valence-electron chi connectivity index (χ4n) is 4.59. The minimum atomic E-state index is -0.891. The van der Waals surface area contributed by atoms with Gasteiger partial charge in [0.2, 0.25) is 0 Å². The molecule has 1 atom stereocenters. The van der Waals surface area contributed by atoms with E-state index in [1.807, 2.05) is 38.1 Å². The van der Waals surface area contributed by atoms with Crippen LogP contribution in [-0.2, 0) is 38.0 Å². The lowest BCUT2D eigenvalue weighted by molar-refractivity contribution is -0.146. The van der Waals surface area contributed by atoms with Crippen molar-refractivity contribution in [3.8, 4) is 11.1 Å². The first kappa shape index (κ1) is 34.7. The summed E-state index contributed by atoms with van der Waals surface area (Å²) in [6.07, 6.45) is 2.73. The Hall–Kier alpha value is -3.77. The Balaban J connectivity index is 1.25. The Bertz CT molecular complexity index is 1170. The van der Waals surface area contributed by atoms with Crippen molar-refractivity contribution < 1.29 is 47.9 Å². The van der Waals surface area contributed by atoms with Crippen molar-refractivity contribution in [1.82, 2.24) is 5.32 Å². The lowest BCUT2D eigenvalue weighted by Crippen LogP contribution is -2.45. The summed E-state index contributed by atoms with van der Waals surface area (Å²) in [5, 5.41) is 11.2. The molecule has 0 saturated carbocycles. The molecule has 2 N–H and O–H groups in total. The molecule has 2 aromatic rings. The molecule has 0 aromatic heterocycles. The largest absolute Gasteiger partial charge is 0.481 e. The first-order valence-corrected chi connectivity index (χ1v) is 14.8. The third-order valence-electron chi connectivity index (χ3n) is 6.82. The molecule has 11 nitrogen and oxygen atoms in total. The monoisotopic (exact) mass is 613 g/mol. The quantitative estimate of drug-likeness (QED) is 0.120. The lowest BCUT2D eigenvalue weighted by atomic mass is 9.98. The van der Waals surface area contributed by atoms with Gasteiger partial charge in [0.15, 0.2) is 0 Å². The number of alkyl carbamates (subject to hydrolysis) is 1. The number of rotatable bonds is 21. The Morgan fingerprint density at radius 2 is 1.27 bits per heavy atom. The second-order valence-corrected chi connectivity index (χ2v) is 10.3. The predicted octanol–water partition coefficient (Wildman–Crippen LogP) is 4.19.